The number of nitrogens with zero attached hydrogens (tertiary/aromatic N) is 2. The fourth-order valence-electron chi connectivity index (χ4n) is 5.41. The lowest BCUT2D eigenvalue weighted by molar-refractivity contribution is -0.149. The number of nitrogens with one attached hydrogen (secondary N) is 1. The van der Waals surface area contributed by atoms with Gasteiger partial charge in [0.2, 0.25) is 17.1 Å². The van der Waals surface area contributed by atoms with Crippen molar-refractivity contribution in [1.29, 1.82) is 0 Å². The molecule has 0 radical (unpaired) electrons. The number of para-hydroxylation sites is 1. The van der Waals surface area contributed by atoms with E-state index in [1.54, 1.807) is 0 Å². The molecule has 0 amide bonds. The van der Waals surface area contributed by atoms with Crippen LogP contribution in [0.15, 0.2) is 78.9 Å². The molecule has 1 fully saturated rings. The number of benzene rings is 3. The molecule has 4 aromatic rings. The largest absolute Gasteiger partial charge is 0.489 e. The smallest absolute Gasteiger partial charge is 0.308 e. The molecule has 1 saturated carbocycles. The van der Waals surface area contributed by atoms with Gasteiger partial charge in [-0.3, -0.25) is 13.8 Å². The summed E-state index contributed by atoms with van der Waals surface area (Å²) in [5.41, 5.74) is 4.50. The highest BCUT2D eigenvalue weighted by molar-refractivity contribution is 7.87. The van der Waals surface area contributed by atoms with Crippen LogP contribution in [0.2, 0.25) is 0 Å². The number of carbonyl (C=O) groups excluding carboxylic acids is 1. The maximum Gasteiger partial charge on any atom is 0.308 e. The van der Waals surface area contributed by atoms with Crippen LogP contribution >= 0.6 is 0 Å². The third kappa shape index (κ3) is 6.15. The second-order valence-corrected chi connectivity index (χ2v) is 11.4. The summed E-state index contributed by atoms with van der Waals surface area (Å²) in [5.74, 6) is 1.19. The van der Waals surface area contributed by atoms with Crippen molar-refractivity contribution in [1.82, 2.24) is 4.98 Å². The van der Waals surface area contributed by atoms with Gasteiger partial charge in [-0.2, -0.15) is 0 Å². The zero-order chi connectivity index (χ0) is 28.2. The third-order valence-corrected chi connectivity index (χ3v) is 8.73. The lowest BCUT2D eigenvalue weighted by Crippen LogP contribution is -2.37. The van der Waals surface area contributed by atoms with E-state index >= 15 is 0 Å². The van der Waals surface area contributed by atoms with Gasteiger partial charge in [0.1, 0.15) is 18.5 Å². The standard InChI is InChI=1S/C32H33N3O5S/c1-2-38-32(36)22-8-13-27(14-9-22)40-31-17-12-25-20-23(10-15-28(25)33-31)24-11-16-29-30(21-24)39-19-18-35(29)41(37)34-26-6-4-3-5-7-26/h3-7,10-12,15-17,20-22,27,34H,2,8-9,13-14,18-19H2,1H3. The first-order valence-corrected chi connectivity index (χ1v) is 15.2. The second kappa shape index (κ2) is 12.2. The van der Waals surface area contributed by atoms with E-state index in [-0.39, 0.29) is 18.0 Å². The van der Waals surface area contributed by atoms with Gasteiger partial charge in [0.05, 0.1) is 30.3 Å². The Hall–Kier alpha value is -4.11. The Morgan fingerprint density at radius 1 is 1.00 bits per heavy atom. The normalized spacial score (nSPS) is 19.1. The molecule has 1 atom stereocenters. The molecule has 2 aliphatic rings. The van der Waals surface area contributed by atoms with Crippen LogP contribution in [0.4, 0.5) is 11.4 Å². The lowest BCUT2D eigenvalue weighted by atomic mass is 9.87. The number of carbonyl (C=O) groups is 1. The molecule has 1 aliphatic heterocycles. The van der Waals surface area contributed by atoms with Crippen molar-refractivity contribution >= 4 is 39.4 Å². The Labute approximate surface area is 242 Å². The van der Waals surface area contributed by atoms with Crippen LogP contribution in [-0.2, 0) is 20.7 Å². The van der Waals surface area contributed by atoms with Crippen molar-refractivity contribution in [2.45, 2.75) is 38.7 Å². The van der Waals surface area contributed by atoms with Gasteiger partial charge in [-0.05, 0) is 86.2 Å². The molecule has 9 heteroatoms. The molecule has 1 aromatic heterocycles. The van der Waals surface area contributed by atoms with Crippen molar-refractivity contribution in [2.24, 2.45) is 5.92 Å². The molecule has 0 bridgehead atoms. The first-order valence-electron chi connectivity index (χ1n) is 14.1. The second-order valence-electron chi connectivity index (χ2n) is 10.3. The number of hydrogen-bond donors (Lipinski definition) is 1. The molecule has 41 heavy (non-hydrogen) atoms. The summed E-state index contributed by atoms with van der Waals surface area (Å²) in [7, 11) is 0. The SMILES string of the molecule is CCOC(=O)C1CCC(Oc2ccc3cc(-c4ccc5c(c4)OCCN5S(=O)Nc4ccccc4)ccc3n2)CC1. The van der Waals surface area contributed by atoms with Crippen molar-refractivity contribution in [3.8, 4) is 22.8 Å². The van der Waals surface area contributed by atoms with Crippen LogP contribution in [0, 0.1) is 5.92 Å². The van der Waals surface area contributed by atoms with E-state index < -0.39 is 11.2 Å². The summed E-state index contributed by atoms with van der Waals surface area (Å²) >= 11 is -1.44. The van der Waals surface area contributed by atoms with Gasteiger partial charge in [-0.25, -0.2) is 9.19 Å². The Balaban J connectivity index is 1.13. The van der Waals surface area contributed by atoms with Crippen molar-refractivity contribution < 1.29 is 23.2 Å². The van der Waals surface area contributed by atoms with Gasteiger partial charge in [-0.15, -0.1) is 0 Å². The predicted molar refractivity (Wildman–Crippen MR) is 161 cm³/mol. The Kier molecular flexibility index (Phi) is 8.04. The van der Waals surface area contributed by atoms with Crippen molar-refractivity contribution in [3.05, 3.63) is 78.9 Å². The molecule has 8 nitrogen and oxygen atoms in total. The lowest BCUT2D eigenvalue weighted by Gasteiger charge is -2.30. The molecule has 2 heterocycles. The van der Waals surface area contributed by atoms with E-state index in [1.165, 1.54) is 0 Å². The Morgan fingerprint density at radius 3 is 2.59 bits per heavy atom. The monoisotopic (exact) mass is 571 g/mol. The van der Waals surface area contributed by atoms with Crippen LogP contribution < -0.4 is 18.5 Å². The van der Waals surface area contributed by atoms with Gasteiger partial charge in [-0.1, -0.05) is 30.3 Å². The molecule has 0 saturated heterocycles. The average molecular weight is 572 g/mol. The van der Waals surface area contributed by atoms with E-state index in [1.807, 2.05) is 84.0 Å². The molecule has 1 unspecified atom stereocenters. The third-order valence-electron chi connectivity index (χ3n) is 7.54. The summed E-state index contributed by atoms with van der Waals surface area (Å²) in [6, 6.07) is 25.6. The average Bonchev–Trinajstić information content (AvgIpc) is 3.01. The number of fused-ring (bicyclic) bond motifs is 2. The van der Waals surface area contributed by atoms with Crippen molar-refractivity contribution in [2.75, 3.05) is 28.8 Å². The number of esters is 1. The zero-order valence-electron chi connectivity index (χ0n) is 23.0. The molecule has 212 valence electrons. The van der Waals surface area contributed by atoms with Gasteiger partial charge in [0.15, 0.2) is 0 Å². The van der Waals surface area contributed by atoms with Crippen LogP contribution in [0.5, 0.6) is 11.6 Å². The number of rotatable bonds is 8. The molecule has 6 rings (SSSR count). The number of hydrogen-bond acceptors (Lipinski definition) is 6. The highest BCUT2D eigenvalue weighted by Gasteiger charge is 2.28. The minimum Gasteiger partial charge on any atom is -0.489 e. The molecule has 1 N–H and O–H groups in total. The van der Waals surface area contributed by atoms with Gasteiger partial charge in [0, 0.05) is 17.1 Å². The highest BCUT2D eigenvalue weighted by atomic mass is 32.2. The quantitative estimate of drug-likeness (QED) is 0.250. The maximum atomic E-state index is 13.1. The van der Waals surface area contributed by atoms with E-state index in [9.17, 15) is 9.00 Å². The van der Waals surface area contributed by atoms with Gasteiger partial charge in [0.25, 0.3) is 0 Å². The summed E-state index contributed by atoms with van der Waals surface area (Å²) < 4.78 is 35.3. The van der Waals surface area contributed by atoms with Crippen LogP contribution in [0.3, 0.4) is 0 Å². The van der Waals surface area contributed by atoms with Crippen LogP contribution in [-0.4, -0.2) is 41.0 Å². The summed E-state index contributed by atoms with van der Waals surface area (Å²) in [6.45, 7) is 3.24. The minimum atomic E-state index is -1.44. The Morgan fingerprint density at radius 2 is 1.78 bits per heavy atom. The fourth-order valence-corrected chi connectivity index (χ4v) is 6.43. The van der Waals surface area contributed by atoms with Gasteiger partial charge >= 0.3 is 5.97 Å². The molecule has 3 aromatic carbocycles. The number of pyridine rings is 1. The fraction of sp³-hybridized carbons (Fsp3) is 0.312. The van der Waals surface area contributed by atoms with Crippen LogP contribution in [0.25, 0.3) is 22.0 Å². The predicted octanol–water partition coefficient (Wildman–Crippen LogP) is 6.29. The van der Waals surface area contributed by atoms with Crippen LogP contribution in [0.1, 0.15) is 32.6 Å². The number of ether oxygens (including phenoxy) is 3. The Bertz CT molecular complexity index is 1560. The summed E-state index contributed by atoms with van der Waals surface area (Å²) in [5, 5.41) is 1.01. The molecule has 0 spiro atoms. The first kappa shape index (κ1) is 27.1. The molecular formula is C32H33N3O5S. The highest BCUT2D eigenvalue weighted by Crippen LogP contribution is 2.37. The minimum absolute atomic E-state index is 0.0250. The first-order chi connectivity index (χ1) is 20.1. The van der Waals surface area contributed by atoms with E-state index in [0.717, 1.165) is 59.1 Å². The summed E-state index contributed by atoms with van der Waals surface area (Å²) in [6.07, 6.45) is 3.24. The molecule has 1 aliphatic carbocycles. The van der Waals surface area contributed by atoms with E-state index in [4.69, 9.17) is 19.2 Å². The van der Waals surface area contributed by atoms with Crippen molar-refractivity contribution in [3.63, 3.8) is 0 Å². The topological polar surface area (TPSA) is 90.0 Å². The van der Waals surface area contributed by atoms with E-state index in [2.05, 4.69) is 10.8 Å². The van der Waals surface area contributed by atoms with Gasteiger partial charge < -0.3 is 14.2 Å². The zero-order valence-corrected chi connectivity index (χ0v) is 23.8. The van der Waals surface area contributed by atoms with E-state index in [0.29, 0.717) is 31.4 Å². The summed E-state index contributed by atoms with van der Waals surface area (Å²) in [4.78, 5) is 16.7. The molecular weight excluding hydrogens is 538 g/mol. The number of aromatic nitrogens is 1. The maximum absolute atomic E-state index is 13.1. The number of anilines is 2.